The van der Waals surface area contributed by atoms with Gasteiger partial charge in [0.15, 0.2) is 9.84 Å². The molecule has 2 aliphatic rings. The highest BCUT2D eigenvalue weighted by molar-refractivity contribution is 7.91. The first kappa shape index (κ1) is 15.1. The van der Waals surface area contributed by atoms with E-state index in [1.807, 2.05) is 66.7 Å². The third kappa shape index (κ3) is 2.87. The van der Waals surface area contributed by atoms with Crippen molar-refractivity contribution in [1.82, 2.24) is 5.43 Å². The molecule has 0 saturated carbocycles. The van der Waals surface area contributed by atoms with Crippen molar-refractivity contribution in [2.24, 2.45) is 11.0 Å². The molecule has 2 atom stereocenters. The van der Waals surface area contributed by atoms with Crippen molar-refractivity contribution in [3.63, 3.8) is 0 Å². The Hall–Kier alpha value is -2.40. The maximum Gasteiger partial charge on any atom is 0.155 e. The number of hydrogen-bond acceptors (Lipinski definition) is 4. The van der Waals surface area contributed by atoms with Crippen LogP contribution in [0.1, 0.15) is 17.2 Å². The van der Waals surface area contributed by atoms with Gasteiger partial charge in [-0.1, -0.05) is 60.7 Å². The molecule has 1 saturated heterocycles. The minimum atomic E-state index is -3.14. The molecular formula is C19H18N2O2S. The molecule has 0 aliphatic carbocycles. The first-order chi connectivity index (χ1) is 11.6. The maximum atomic E-state index is 12.4. The molecule has 2 aliphatic heterocycles. The molecule has 2 aromatic carbocycles. The summed E-state index contributed by atoms with van der Waals surface area (Å²) in [5, 5.41) is 4.49. The summed E-state index contributed by atoms with van der Waals surface area (Å²) in [4.78, 5) is 0. The third-order valence-corrected chi connectivity index (χ3v) is 6.13. The van der Waals surface area contributed by atoms with Gasteiger partial charge in [0.25, 0.3) is 0 Å². The van der Waals surface area contributed by atoms with Gasteiger partial charge in [-0.15, -0.1) is 0 Å². The predicted molar refractivity (Wildman–Crippen MR) is 96.3 cm³/mol. The summed E-state index contributed by atoms with van der Waals surface area (Å²) in [6.07, 6.45) is 1.94. The molecule has 1 N–H and O–H groups in total. The number of sulfone groups is 1. The zero-order valence-corrected chi connectivity index (χ0v) is 13.9. The first-order valence-electron chi connectivity index (χ1n) is 7.97. The second-order valence-electron chi connectivity index (χ2n) is 6.26. The minimum Gasteiger partial charge on any atom is -0.302 e. The van der Waals surface area contributed by atoms with Crippen molar-refractivity contribution in [3.8, 4) is 0 Å². The van der Waals surface area contributed by atoms with Crippen LogP contribution in [-0.4, -0.2) is 25.6 Å². The fraction of sp³-hybridized carbons (Fsp3) is 0.211. The van der Waals surface area contributed by atoms with E-state index in [1.165, 1.54) is 0 Å². The Bertz CT molecular complexity index is 903. The molecule has 5 heteroatoms. The average Bonchev–Trinajstić information content (AvgIpc) is 2.99. The van der Waals surface area contributed by atoms with Gasteiger partial charge in [0.05, 0.1) is 23.3 Å². The van der Waals surface area contributed by atoms with Crippen LogP contribution in [0.3, 0.4) is 0 Å². The molecular weight excluding hydrogens is 320 g/mol. The van der Waals surface area contributed by atoms with Gasteiger partial charge < -0.3 is 5.43 Å². The van der Waals surface area contributed by atoms with Gasteiger partial charge >= 0.3 is 0 Å². The lowest BCUT2D eigenvalue weighted by Crippen LogP contribution is -2.36. The fourth-order valence-corrected chi connectivity index (χ4v) is 5.15. The molecule has 1 fully saturated rings. The Kier molecular flexibility index (Phi) is 3.73. The molecule has 0 amide bonds. The summed E-state index contributed by atoms with van der Waals surface area (Å²) < 4.78 is 24.9. The van der Waals surface area contributed by atoms with E-state index >= 15 is 0 Å². The zero-order chi connectivity index (χ0) is 16.6. The third-order valence-electron chi connectivity index (χ3n) is 4.51. The van der Waals surface area contributed by atoms with Crippen LogP contribution in [0.25, 0.3) is 6.08 Å². The molecule has 24 heavy (non-hydrogen) atoms. The molecule has 0 aromatic heterocycles. The van der Waals surface area contributed by atoms with E-state index < -0.39 is 9.84 Å². The molecule has 2 unspecified atom stereocenters. The van der Waals surface area contributed by atoms with E-state index in [9.17, 15) is 8.42 Å². The number of fused-ring (bicyclic) bond motifs is 1. The van der Waals surface area contributed by atoms with Gasteiger partial charge in [0.2, 0.25) is 0 Å². The summed E-state index contributed by atoms with van der Waals surface area (Å²) >= 11 is 0. The number of hydrogen-bond donors (Lipinski definition) is 1. The van der Waals surface area contributed by atoms with Crippen LogP contribution in [-0.2, 0) is 9.84 Å². The molecule has 122 valence electrons. The molecule has 4 rings (SSSR count). The van der Waals surface area contributed by atoms with Crippen molar-refractivity contribution in [2.45, 2.75) is 6.04 Å². The quantitative estimate of drug-likeness (QED) is 0.916. The van der Waals surface area contributed by atoms with E-state index in [4.69, 9.17) is 0 Å². The van der Waals surface area contributed by atoms with E-state index in [-0.39, 0.29) is 23.5 Å². The zero-order valence-electron chi connectivity index (χ0n) is 13.1. The smallest absolute Gasteiger partial charge is 0.155 e. The Balaban J connectivity index is 1.73. The molecule has 0 spiro atoms. The van der Waals surface area contributed by atoms with Gasteiger partial charge in [-0.2, -0.15) is 5.10 Å². The van der Waals surface area contributed by atoms with E-state index in [1.54, 1.807) is 0 Å². The number of nitrogens with zero attached hydrogens (tertiary/aromatic N) is 1. The molecule has 0 bridgehead atoms. The van der Waals surface area contributed by atoms with Crippen molar-refractivity contribution in [3.05, 3.63) is 77.4 Å². The summed E-state index contributed by atoms with van der Waals surface area (Å²) in [6, 6.07) is 19.6. The van der Waals surface area contributed by atoms with E-state index in [0.29, 0.717) is 0 Å². The van der Waals surface area contributed by atoms with Crippen molar-refractivity contribution in [2.75, 3.05) is 11.5 Å². The van der Waals surface area contributed by atoms with Crippen LogP contribution >= 0.6 is 0 Å². The summed E-state index contributed by atoms with van der Waals surface area (Å²) in [5.41, 5.74) is 6.88. The minimum absolute atomic E-state index is 0.0560. The Morgan fingerprint density at radius 3 is 2.38 bits per heavy atom. The topological polar surface area (TPSA) is 58.5 Å². The number of rotatable bonds is 2. The lowest BCUT2D eigenvalue weighted by molar-refractivity contribution is 0.513. The first-order valence-corrected chi connectivity index (χ1v) is 9.79. The van der Waals surface area contributed by atoms with Crippen molar-refractivity contribution in [1.29, 1.82) is 0 Å². The lowest BCUT2D eigenvalue weighted by atomic mass is 9.88. The largest absolute Gasteiger partial charge is 0.302 e. The van der Waals surface area contributed by atoms with Crippen molar-refractivity contribution >= 4 is 21.6 Å². The number of hydrazone groups is 1. The van der Waals surface area contributed by atoms with E-state index in [0.717, 1.165) is 22.4 Å². The Morgan fingerprint density at radius 1 is 1.00 bits per heavy atom. The van der Waals surface area contributed by atoms with Gasteiger partial charge in [0.1, 0.15) is 0 Å². The summed E-state index contributed by atoms with van der Waals surface area (Å²) in [7, 11) is -3.14. The van der Waals surface area contributed by atoms with Crippen LogP contribution < -0.4 is 5.43 Å². The molecule has 2 heterocycles. The number of nitrogens with one attached hydrogen (secondary N) is 1. The predicted octanol–water partition coefficient (Wildman–Crippen LogP) is 2.82. The van der Waals surface area contributed by atoms with Gasteiger partial charge in [-0.25, -0.2) is 8.42 Å². The second-order valence-corrected chi connectivity index (χ2v) is 8.36. The highest BCUT2D eigenvalue weighted by atomic mass is 32.2. The number of benzene rings is 2. The molecule has 2 aromatic rings. The van der Waals surface area contributed by atoms with Gasteiger partial charge in [0, 0.05) is 5.92 Å². The summed E-state index contributed by atoms with van der Waals surface area (Å²) in [6.45, 7) is 0. The molecule has 4 nitrogen and oxygen atoms in total. The second kappa shape index (κ2) is 5.91. The highest BCUT2D eigenvalue weighted by Gasteiger charge is 2.42. The van der Waals surface area contributed by atoms with Crippen LogP contribution in [0, 0.1) is 5.92 Å². The average molecular weight is 338 g/mol. The normalized spacial score (nSPS) is 26.5. The standard InChI is InChI=1S/C19H18N2O2S/c22-24(23)12-16(11-14-7-3-1-4-8-14)19-17(13-24)18(20-21-19)15-9-5-2-6-10-15/h1-11,17-18,20H,12-13H2. The van der Waals surface area contributed by atoms with Crippen LogP contribution in [0.4, 0.5) is 0 Å². The fourth-order valence-electron chi connectivity index (χ4n) is 3.43. The van der Waals surface area contributed by atoms with Crippen molar-refractivity contribution < 1.29 is 8.42 Å². The summed E-state index contributed by atoms with van der Waals surface area (Å²) in [5.74, 6) is 0.0615. The lowest BCUT2D eigenvalue weighted by Gasteiger charge is -2.26. The Morgan fingerprint density at radius 2 is 1.67 bits per heavy atom. The van der Waals surface area contributed by atoms with Gasteiger partial charge in [-0.05, 0) is 22.8 Å². The van der Waals surface area contributed by atoms with E-state index in [2.05, 4.69) is 10.5 Å². The highest BCUT2D eigenvalue weighted by Crippen LogP contribution is 2.35. The Labute approximate surface area is 141 Å². The molecule has 0 radical (unpaired) electrons. The van der Waals surface area contributed by atoms with Crippen LogP contribution in [0.5, 0.6) is 0 Å². The van der Waals surface area contributed by atoms with Crippen LogP contribution in [0.2, 0.25) is 0 Å². The SMILES string of the molecule is O=S1(=O)CC(=Cc2ccccc2)C2=NNC(c3ccccc3)C2C1. The van der Waals surface area contributed by atoms with Gasteiger partial charge in [-0.3, -0.25) is 0 Å². The monoisotopic (exact) mass is 338 g/mol. The maximum absolute atomic E-state index is 12.4. The van der Waals surface area contributed by atoms with Crippen LogP contribution in [0.15, 0.2) is 71.3 Å².